The zero-order chi connectivity index (χ0) is 30.2. The second-order valence-corrected chi connectivity index (χ2v) is 9.84. The van der Waals surface area contributed by atoms with Gasteiger partial charge >= 0.3 is 5.97 Å². The van der Waals surface area contributed by atoms with Crippen LogP contribution in [0.25, 0.3) is 0 Å². The topological polar surface area (TPSA) is 193 Å². The van der Waals surface area contributed by atoms with Gasteiger partial charge in [0, 0.05) is 57.2 Å². The largest absolute Gasteiger partial charge is 0.480 e. The van der Waals surface area contributed by atoms with Gasteiger partial charge in [-0.2, -0.15) is 10.2 Å². The molecule has 0 bridgehead atoms. The predicted molar refractivity (Wildman–Crippen MR) is 155 cm³/mol. The Balaban J connectivity index is 1.17. The van der Waals surface area contributed by atoms with Gasteiger partial charge < -0.3 is 25.6 Å². The van der Waals surface area contributed by atoms with Gasteiger partial charge in [-0.3, -0.25) is 14.5 Å². The zero-order valence-electron chi connectivity index (χ0n) is 23.0. The molecule has 43 heavy (non-hydrogen) atoms. The Kier molecular flexibility index (Phi) is 8.93. The number of nitriles is 1. The molecule has 3 heterocycles. The molecule has 1 atom stereocenters. The van der Waals surface area contributed by atoms with E-state index in [1.807, 2.05) is 30.3 Å². The van der Waals surface area contributed by atoms with E-state index >= 15 is 0 Å². The number of aromatic amines is 1. The van der Waals surface area contributed by atoms with Crippen molar-refractivity contribution in [2.45, 2.75) is 19.0 Å². The van der Waals surface area contributed by atoms with Crippen molar-refractivity contribution in [1.82, 2.24) is 34.7 Å². The number of nitrogens with zero attached hydrogens (tertiary/aromatic N) is 7. The maximum atomic E-state index is 12.7. The molecule has 14 heteroatoms. The van der Waals surface area contributed by atoms with Gasteiger partial charge in [0.2, 0.25) is 11.9 Å². The van der Waals surface area contributed by atoms with Gasteiger partial charge in [-0.05, 0) is 35.4 Å². The van der Waals surface area contributed by atoms with Crippen molar-refractivity contribution in [3.63, 3.8) is 0 Å². The van der Waals surface area contributed by atoms with Crippen LogP contribution in [-0.2, 0) is 17.8 Å². The third-order valence-corrected chi connectivity index (χ3v) is 6.86. The molecule has 0 saturated carbocycles. The number of hydrogen-bond donors (Lipinski definition) is 4. The van der Waals surface area contributed by atoms with Crippen molar-refractivity contribution >= 4 is 29.5 Å². The molecular formula is C29H28N10O4. The van der Waals surface area contributed by atoms with Gasteiger partial charge in [-0.1, -0.05) is 24.3 Å². The molecule has 218 valence electrons. The number of piperazine rings is 1. The van der Waals surface area contributed by atoms with Crippen LogP contribution in [0.4, 0.5) is 17.6 Å². The summed E-state index contributed by atoms with van der Waals surface area (Å²) >= 11 is 0. The quantitative estimate of drug-likeness (QED) is 0.212. The smallest absolute Gasteiger partial charge is 0.326 e. The minimum atomic E-state index is -1.07. The Bertz CT molecular complexity index is 1690. The summed E-state index contributed by atoms with van der Waals surface area (Å²) < 4.78 is 0. The van der Waals surface area contributed by atoms with Crippen LogP contribution < -0.4 is 16.2 Å². The van der Waals surface area contributed by atoms with Crippen molar-refractivity contribution in [2.24, 2.45) is 0 Å². The van der Waals surface area contributed by atoms with Crippen LogP contribution in [0.15, 0.2) is 72.0 Å². The predicted octanol–water partition coefficient (Wildman–Crippen LogP) is 1.64. The van der Waals surface area contributed by atoms with Gasteiger partial charge in [0.1, 0.15) is 12.4 Å². The van der Waals surface area contributed by atoms with E-state index in [4.69, 9.17) is 5.26 Å². The number of rotatable bonds is 10. The summed E-state index contributed by atoms with van der Waals surface area (Å²) in [6.07, 6.45) is 4.25. The summed E-state index contributed by atoms with van der Waals surface area (Å²) in [7, 11) is 0. The Hall–Kier alpha value is -5.68. The number of carboxylic acid groups (broad SMARTS) is 1. The normalized spacial score (nSPS) is 14.0. The number of benzene rings is 2. The fraction of sp³-hybridized carbons (Fsp3) is 0.241. The number of carbonyl (C=O) groups excluding carboxylic acids is 1. The first-order valence-electron chi connectivity index (χ1n) is 13.5. The van der Waals surface area contributed by atoms with E-state index < -0.39 is 17.6 Å². The van der Waals surface area contributed by atoms with E-state index in [0.717, 1.165) is 16.8 Å². The third-order valence-electron chi connectivity index (χ3n) is 6.86. The molecule has 0 spiro atoms. The summed E-state index contributed by atoms with van der Waals surface area (Å²) in [5.41, 5.74) is 2.42. The summed E-state index contributed by atoms with van der Waals surface area (Å²) in [5.74, 6) is -1.09. The van der Waals surface area contributed by atoms with Crippen LogP contribution in [0.3, 0.4) is 0 Å². The van der Waals surface area contributed by atoms with E-state index in [9.17, 15) is 19.5 Å². The number of carbonyl (C=O) groups is 2. The molecule has 2 aromatic carbocycles. The molecule has 5 rings (SSSR count). The molecule has 1 amide bonds. The van der Waals surface area contributed by atoms with E-state index in [-0.39, 0.29) is 29.9 Å². The molecule has 1 saturated heterocycles. The lowest BCUT2D eigenvalue weighted by Gasteiger charge is -2.34. The standard InChI is InChI=1S/C29H28N10O4/c30-16-20-6-4-19(5-7-20)15-23(27(42)43)36-29-34-18-33-28(37-29)35-22-3-1-2-21(14-22)17-38-10-12-39(13-11-38)26(41)24-25(40)32-9-8-31-24/h1-9,14,18,23H,10-13,15,17H2,(H,32,40)(H,42,43)(H2,33,34,35,36,37)/t23-/m0/s1. The average molecular weight is 581 g/mol. The lowest BCUT2D eigenvalue weighted by atomic mass is 10.0. The number of H-pyrrole nitrogens is 1. The van der Waals surface area contributed by atoms with Gasteiger partial charge in [0.25, 0.3) is 11.5 Å². The molecule has 0 aliphatic carbocycles. The summed E-state index contributed by atoms with van der Waals surface area (Å²) in [6, 6.07) is 15.5. The van der Waals surface area contributed by atoms with Gasteiger partial charge in [-0.15, -0.1) is 0 Å². The summed E-state index contributed by atoms with van der Waals surface area (Å²) in [4.78, 5) is 59.3. The number of anilines is 3. The first-order chi connectivity index (χ1) is 20.9. The van der Waals surface area contributed by atoms with Crippen LogP contribution in [0.1, 0.15) is 27.2 Å². The first-order valence-corrected chi connectivity index (χ1v) is 13.5. The van der Waals surface area contributed by atoms with Gasteiger partial charge in [-0.25, -0.2) is 19.7 Å². The monoisotopic (exact) mass is 580 g/mol. The highest BCUT2D eigenvalue weighted by Crippen LogP contribution is 2.18. The molecule has 4 aromatic rings. The van der Waals surface area contributed by atoms with Crippen LogP contribution in [0.5, 0.6) is 0 Å². The Labute approximate surface area is 246 Å². The minimum Gasteiger partial charge on any atom is -0.480 e. The van der Waals surface area contributed by atoms with Crippen LogP contribution in [0.2, 0.25) is 0 Å². The van der Waals surface area contributed by atoms with Crippen molar-refractivity contribution in [1.29, 1.82) is 5.26 Å². The van der Waals surface area contributed by atoms with Crippen molar-refractivity contribution < 1.29 is 14.7 Å². The fourth-order valence-corrected chi connectivity index (χ4v) is 4.63. The minimum absolute atomic E-state index is 0.101. The van der Waals surface area contributed by atoms with E-state index in [2.05, 4.69) is 40.5 Å². The highest BCUT2D eigenvalue weighted by Gasteiger charge is 2.25. The molecule has 1 aliphatic heterocycles. The van der Waals surface area contributed by atoms with Crippen LogP contribution >= 0.6 is 0 Å². The highest BCUT2D eigenvalue weighted by atomic mass is 16.4. The maximum Gasteiger partial charge on any atom is 0.326 e. The molecular weight excluding hydrogens is 552 g/mol. The highest BCUT2D eigenvalue weighted by molar-refractivity contribution is 5.92. The maximum absolute atomic E-state index is 12.7. The van der Waals surface area contributed by atoms with Crippen molar-refractivity contribution in [3.05, 3.63) is 100.0 Å². The molecule has 0 radical (unpaired) electrons. The second kappa shape index (κ2) is 13.3. The van der Waals surface area contributed by atoms with Gasteiger partial charge in [0.05, 0.1) is 11.6 Å². The first kappa shape index (κ1) is 28.8. The number of carboxylic acids is 1. The summed E-state index contributed by atoms with van der Waals surface area (Å²) in [6.45, 7) is 2.90. The Morgan fingerprint density at radius 3 is 2.51 bits per heavy atom. The fourth-order valence-electron chi connectivity index (χ4n) is 4.63. The van der Waals surface area contributed by atoms with Gasteiger partial charge in [0.15, 0.2) is 5.69 Å². The number of aliphatic carboxylic acids is 1. The van der Waals surface area contributed by atoms with E-state index in [0.29, 0.717) is 38.3 Å². The van der Waals surface area contributed by atoms with E-state index in [1.54, 1.807) is 29.2 Å². The molecule has 2 aromatic heterocycles. The van der Waals surface area contributed by atoms with Crippen molar-refractivity contribution in [2.75, 3.05) is 36.8 Å². The molecule has 1 fully saturated rings. The molecule has 4 N–H and O–H groups in total. The average Bonchev–Trinajstić information content (AvgIpc) is 3.02. The van der Waals surface area contributed by atoms with Crippen LogP contribution in [0, 0.1) is 11.3 Å². The Morgan fingerprint density at radius 2 is 1.79 bits per heavy atom. The lowest BCUT2D eigenvalue weighted by molar-refractivity contribution is -0.137. The Morgan fingerprint density at radius 1 is 1.02 bits per heavy atom. The number of nitrogens with one attached hydrogen (secondary N) is 3. The van der Waals surface area contributed by atoms with Crippen molar-refractivity contribution in [3.8, 4) is 6.07 Å². The molecule has 0 unspecified atom stereocenters. The van der Waals surface area contributed by atoms with E-state index in [1.165, 1.54) is 18.7 Å². The number of amides is 1. The molecule has 1 aliphatic rings. The second-order valence-electron chi connectivity index (χ2n) is 9.84. The zero-order valence-corrected chi connectivity index (χ0v) is 23.0. The third kappa shape index (κ3) is 7.54. The number of aromatic nitrogens is 5. The SMILES string of the molecule is N#Cc1ccc(C[C@H](Nc2ncnc(Nc3cccc(CN4CCN(C(=O)c5ncc[nH]c5=O)CC4)c3)n2)C(=O)O)cc1. The number of hydrogen-bond acceptors (Lipinski definition) is 11. The lowest BCUT2D eigenvalue weighted by Crippen LogP contribution is -2.49. The summed E-state index contributed by atoms with van der Waals surface area (Å²) in [5, 5.41) is 24.7. The van der Waals surface area contributed by atoms with Crippen LogP contribution in [-0.4, -0.2) is 83.9 Å². The molecule has 14 nitrogen and oxygen atoms in total.